The van der Waals surface area contributed by atoms with Gasteiger partial charge in [-0.3, -0.25) is 0 Å². The second-order valence-corrected chi connectivity index (χ2v) is 4.09. The number of nitrogens with one attached hydrogen (secondary N) is 1. The number of benzene rings is 1. The Labute approximate surface area is 90.3 Å². The SMILES string of the molecule is CNC(C)Cc1cc2c(C)cccc2o1. The quantitative estimate of drug-likeness (QED) is 0.829. The van der Waals surface area contributed by atoms with Crippen LogP contribution in [0.2, 0.25) is 0 Å². The molecule has 1 atom stereocenters. The fourth-order valence-corrected chi connectivity index (χ4v) is 1.76. The molecule has 0 saturated carbocycles. The number of rotatable bonds is 3. The van der Waals surface area contributed by atoms with Gasteiger partial charge in [0.25, 0.3) is 0 Å². The van der Waals surface area contributed by atoms with E-state index in [0.29, 0.717) is 6.04 Å². The molecule has 1 heterocycles. The first-order chi connectivity index (χ1) is 7.20. The van der Waals surface area contributed by atoms with Gasteiger partial charge in [-0.25, -0.2) is 0 Å². The summed E-state index contributed by atoms with van der Waals surface area (Å²) < 4.78 is 5.78. The molecule has 0 saturated heterocycles. The zero-order valence-corrected chi connectivity index (χ0v) is 9.50. The van der Waals surface area contributed by atoms with E-state index in [0.717, 1.165) is 17.8 Å². The van der Waals surface area contributed by atoms with E-state index in [9.17, 15) is 0 Å². The molecule has 0 aliphatic rings. The lowest BCUT2D eigenvalue weighted by Crippen LogP contribution is -2.23. The fraction of sp³-hybridized carbons (Fsp3) is 0.385. The summed E-state index contributed by atoms with van der Waals surface area (Å²) in [5.74, 6) is 1.06. The zero-order chi connectivity index (χ0) is 10.8. The van der Waals surface area contributed by atoms with Crippen LogP contribution >= 0.6 is 0 Å². The third-order valence-corrected chi connectivity index (χ3v) is 2.83. The number of furan rings is 1. The van der Waals surface area contributed by atoms with Crippen LogP contribution in [0, 0.1) is 6.92 Å². The molecule has 1 aromatic heterocycles. The molecule has 2 aromatic rings. The highest BCUT2D eigenvalue weighted by atomic mass is 16.3. The summed E-state index contributed by atoms with van der Waals surface area (Å²) in [6.07, 6.45) is 0.935. The molecular formula is C13H17NO. The van der Waals surface area contributed by atoms with Gasteiger partial charge in [-0.15, -0.1) is 0 Å². The van der Waals surface area contributed by atoms with Crippen molar-refractivity contribution in [3.63, 3.8) is 0 Å². The van der Waals surface area contributed by atoms with E-state index < -0.39 is 0 Å². The number of likely N-dealkylation sites (N-methyl/N-ethyl adjacent to an activating group) is 1. The number of aryl methyl sites for hydroxylation is 1. The Morgan fingerprint density at radius 1 is 1.40 bits per heavy atom. The second kappa shape index (κ2) is 4.07. The smallest absolute Gasteiger partial charge is 0.134 e. The largest absolute Gasteiger partial charge is 0.461 e. The molecule has 1 unspecified atom stereocenters. The van der Waals surface area contributed by atoms with Crippen molar-refractivity contribution in [2.24, 2.45) is 0 Å². The molecule has 0 bridgehead atoms. The molecule has 15 heavy (non-hydrogen) atoms. The fourth-order valence-electron chi connectivity index (χ4n) is 1.76. The van der Waals surface area contributed by atoms with Crippen molar-refractivity contribution < 1.29 is 4.42 Å². The van der Waals surface area contributed by atoms with Gasteiger partial charge in [0.15, 0.2) is 0 Å². The topological polar surface area (TPSA) is 25.2 Å². The highest BCUT2D eigenvalue weighted by Crippen LogP contribution is 2.23. The maximum atomic E-state index is 5.78. The summed E-state index contributed by atoms with van der Waals surface area (Å²) in [7, 11) is 1.97. The predicted molar refractivity (Wildman–Crippen MR) is 63.2 cm³/mol. The Morgan fingerprint density at radius 2 is 2.20 bits per heavy atom. The minimum absolute atomic E-state index is 0.450. The van der Waals surface area contributed by atoms with E-state index in [1.165, 1.54) is 10.9 Å². The van der Waals surface area contributed by atoms with Crippen LogP contribution in [0.5, 0.6) is 0 Å². The summed E-state index contributed by atoms with van der Waals surface area (Å²) in [5.41, 5.74) is 2.27. The number of fused-ring (bicyclic) bond motifs is 1. The van der Waals surface area contributed by atoms with Crippen molar-refractivity contribution in [2.45, 2.75) is 26.3 Å². The zero-order valence-electron chi connectivity index (χ0n) is 9.50. The molecule has 0 fully saturated rings. The van der Waals surface area contributed by atoms with Crippen molar-refractivity contribution in [1.82, 2.24) is 5.32 Å². The van der Waals surface area contributed by atoms with Crippen LogP contribution in [0.25, 0.3) is 11.0 Å². The van der Waals surface area contributed by atoms with Gasteiger partial charge in [-0.05, 0) is 38.6 Å². The first kappa shape index (κ1) is 10.2. The first-order valence-corrected chi connectivity index (χ1v) is 5.36. The Kier molecular flexibility index (Phi) is 2.78. The third kappa shape index (κ3) is 2.05. The molecule has 1 N–H and O–H groups in total. The van der Waals surface area contributed by atoms with Gasteiger partial charge < -0.3 is 9.73 Å². The van der Waals surface area contributed by atoms with Gasteiger partial charge >= 0.3 is 0 Å². The lowest BCUT2D eigenvalue weighted by molar-refractivity contribution is 0.497. The monoisotopic (exact) mass is 203 g/mol. The van der Waals surface area contributed by atoms with Crippen molar-refractivity contribution in [2.75, 3.05) is 7.05 Å². The van der Waals surface area contributed by atoms with Crippen molar-refractivity contribution >= 4 is 11.0 Å². The molecule has 0 radical (unpaired) electrons. The van der Waals surface area contributed by atoms with Crippen LogP contribution in [0.1, 0.15) is 18.2 Å². The highest BCUT2D eigenvalue weighted by Gasteiger charge is 2.07. The Morgan fingerprint density at radius 3 is 2.87 bits per heavy atom. The normalized spacial score (nSPS) is 13.3. The molecule has 0 aliphatic carbocycles. The lowest BCUT2D eigenvalue weighted by atomic mass is 10.1. The predicted octanol–water partition coefficient (Wildman–Crippen LogP) is 2.89. The van der Waals surface area contributed by atoms with Gasteiger partial charge in [0.2, 0.25) is 0 Å². The van der Waals surface area contributed by atoms with Crippen LogP contribution in [-0.4, -0.2) is 13.1 Å². The summed E-state index contributed by atoms with van der Waals surface area (Å²) in [6, 6.07) is 8.77. The number of hydrogen-bond acceptors (Lipinski definition) is 2. The Hall–Kier alpha value is -1.28. The van der Waals surface area contributed by atoms with Crippen LogP contribution < -0.4 is 5.32 Å². The van der Waals surface area contributed by atoms with Crippen molar-refractivity contribution in [3.8, 4) is 0 Å². The minimum atomic E-state index is 0.450. The average Bonchev–Trinajstić information content (AvgIpc) is 2.62. The average molecular weight is 203 g/mol. The van der Waals surface area contributed by atoms with E-state index >= 15 is 0 Å². The van der Waals surface area contributed by atoms with Gasteiger partial charge in [0, 0.05) is 17.8 Å². The molecule has 0 spiro atoms. The second-order valence-electron chi connectivity index (χ2n) is 4.09. The maximum absolute atomic E-state index is 5.78. The minimum Gasteiger partial charge on any atom is -0.461 e. The summed E-state index contributed by atoms with van der Waals surface area (Å²) >= 11 is 0. The molecule has 0 amide bonds. The van der Waals surface area contributed by atoms with Crippen molar-refractivity contribution in [1.29, 1.82) is 0 Å². The van der Waals surface area contributed by atoms with E-state index in [-0.39, 0.29) is 0 Å². The van der Waals surface area contributed by atoms with Crippen LogP contribution in [0.15, 0.2) is 28.7 Å². The molecular weight excluding hydrogens is 186 g/mol. The van der Waals surface area contributed by atoms with Gasteiger partial charge in [-0.1, -0.05) is 12.1 Å². The third-order valence-electron chi connectivity index (χ3n) is 2.83. The molecule has 2 rings (SSSR count). The first-order valence-electron chi connectivity index (χ1n) is 5.36. The van der Waals surface area contributed by atoms with Crippen LogP contribution in [-0.2, 0) is 6.42 Å². The summed E-state index contributed by atoms with van der Waals surface area (Å²) in [6.45, 7) is 4.27. The molecule has 1 aromatic carbocycles. The van der Waals surface area contributed by atoms with Gasteiger partial charge in [-0.2, -0.15) is 0 Å². The highest BCUT2D eigenvalue weighted by molar-refractivity contribution is 5.81. The van der Waals surface area contributed by atoms with E-state index in [4.69, 9.17) is 4.42 Å². The summed E-state index contributed by atoms with van der Waals surface area (Å²) in [5, 5.41) is 4.44. The molecule has 2 nitrogen and oxygen atoms in total. The molecule has 0 aliphatic heterocycles. The molecule has 80 valence electrons. The van der Waals surface area contributed by atoms with Gasteiger partial charge in [0.1, 0.15) is 11.3 Å². The Balaban J connectivity index is 2.35. The maximum Gasteiger partial charge on any atom is 0.134 e. The Bertz CT molecular complexity index is 459. The van der Waals surface area contributed by atoms with Gasteiger partial charge in [0.05, 0.1) is 0 Å². The number of hydrogen-bond donors (Lipinski definition) is 1. The van der Waals surface area contributed by atoms with E-state index in [1.54, 1.807) is 0 Å². The van der Waals surface area contributed by atoms with Crippen LogP contribution in [0.3, 0.4) is 0 Å². The lowest BCUT2D eigenvalue weighted by Gasteiger charge is -2.06. The summed E-state index contributed by atoms with van der Waals surface area (Å²) in [4.78, 5) is 0. The van der Waals surface area contributed by atoms with E-state index in [2.05, 4.69) is 31.3 Å². The standard InChI is InChI=1S/C13H17NO/c1-9-5-4-6-13-12(9)8-11(15-13)7-10(2)14-3/h4-6,8,10,14H,7H2,1-3H3. The van der Waals surface area contributed by atoms with Crippen molar-refractivity contribution in [3.05, 3.63) is 35.6 Å². The van der Waals surface area contributed by atoms with E-state index in [1.807, 2.05) is 19.2 Å². The molecule has 2 heteroatoms. The van der Waals surface area contributed by atoms with Crippen LogP contribution in [0.4, 0.5) is 0 Å².